The number of nitro benzene ring substituents is 1. The molecule has 0 aliphatic carbocycles. The van der Waals surface area contributed by atoms with E-state index in [-0.39, 0.29) is 5.69 Å². The van der Waals surface area contributed by atoms with E-state index in [0.717, 1.165) is 0 Å². The SMILES string of the molecule is Nc1c(-c2ccc([N+](=O)[O-])cc2)nc2ccc(Cl)cn12. The number of halogens is 1. The summed E-state index contributed by atoms with van der Waals surface area (Å²) in [5, 5.41) is 11.2. The molecule has 0 amide bonds. The van der Waals surface area contributed by atoms with Gasteiger partial charge in [-0.1, -0.05) is 11.6 Å². The molecule has 0 radical (unpaired) electrons. The first-order valence-electron chi connectivity index (χ1n) is 5.74. The van der Waals surface area contributed by atoms with Gasteiger partial charge in [-0.05, 0) is 24.3 Å². The van der Waals surface area contributed by atoms with Crippen LogP contribution in [0, 0.1) is 10.1 Å². The van der Waals surface area contributed by atoms with Crippen LogP contribution in [0.4, 0.5) is 11.5 Å². The lowest BCUT2D eigenvalue weighted by molar-refractivity contribution is -0.384. The molecule has 0 unspecified atom stereocenters. The van der Waals surface area contributed by atoms with Gasteiger partial charge in [0.05, 0.1) is 9.95 Å². The van der Waals surface area contributed by atoms with E-state index in [9.17, 15) is 10.1 Å². The molecule has 0 saturated heterocycles. The first-order valence-corrected chi connectivity index (χ1v) is 6.12. The Hall–Kier alpha value is -2.60. The van der Waals surface area contributed by atoms with Crippen LogP contribution < -0.4 is 5.73 Å². The summed E-state index contributed by atoms with van der Waals surface area (Å²) >= 11 is 5.92. The van der Waals surface area contributed by atoms with Gasteiger partial charge in [0.25, 0.3) is 5.69 Å². The van der Waals surface area contributed by atoms with Crippen LogP contribution in [0.25, 0.3) is 16.9 Å². The molecule has 0 aliphatic heterocycles. The molecule has 1 aromatic carbocycles. The molecule has 3 rings (SSSR count). The number of aromatic nitrogens is 2. The molecule has 2 aromatic heterocycles. The number of fused-ring (bicyclic) bond motifs is 1. The quantitative estimate of drug-likeness (QED) is 0.579. The highest BCUT2D eigenvalue weighted by Crippen LogP contribution is 2.28. The fourth-order valence-corrected chi connectivity index (χ4v) is 2.15. The number of anilines is 1. The number of non-ortho nitro benzene ring substituents is 1. The van der Waals surface area contributed by atoms with Crippen molar-refractivity contribution >= 4 is 28.8 Å². The predicted octanol–water partition coefficient (Wildman–Crippen LogP) is 3.15. The van der Waals surface area contributed by atoms with Crippen LogP contribution in [-0.2, 0) is 0 Å². The first-order chi connectivity index (χ1) is 9.56. The molecule has 0 atom stereocenters. The number of hydrogen-bond acceptors (Lipinski definition) is 4. The number of benzene rings is 1. The van der Waals surface area contributed by atoms with Crippen molar-refractivity contribution in [1.29, 1.82) is 0 Å². The second-order valence-electron chi connectivity index (χ2n) is 4.23. The molecule has 0 spiro atoms. The van der Waals surface area contributed by atoms with Crippen LogP contribution in [0.15, 0.2) is 42.6 Å². The highest BCUT2D eigenvalue weighted by Gasteiger charge is 2.13. The zero-order chi connectivity index (χ0) is 14.3. The maximum Gasteiger partial charge on any atom is 0.269 e. The van der Waals surface area contributed by atoms with Gasteiger partial charge in [-0.25, -0.2) is 4.98 Å². The molecule has 0 aliphatic rings. The summed E-state index contributed by atoms with van der Waals surface area (Å²) in [4.78, 5) is 14.6. The minimum absolute atomic E-state index is 0.0270. The monoisotopic (exact) mass is 288 g/mol. The Bertz CT molecular complexity index is 811. The smallest absolute Gasteiger partial charge is 0.269 e. The summed E-state index contributed by atoms with van der Waals surface area (Å²) in [6.45, 7) is 0. The van der Waals surface area contributed by atoms with Crippen molar-refractivity contribution in [3.63, 3.8) is 0 Å². The van der Waals surface area contributed by atoms with Crippen LogP contribution in [0.5, 0.6) is 0 Å². The van der Waals surface area contributed by atoms with E-state index in [1.807, 2.05) is 0 Å². The number of imidazole rings is 1. The average molecular weight is 289 g/mol. The summed E-state index contributed by atoms with van der Waals surface area (Å²) in [5.74, 6) is 0.441. The lowest BCUT2D eigenvalue weighted by atomic mass is 10.1. The normalized spacial score (nSPS) is 10.8. The first kappa shape index (κ1) is 12.4. The van der Waals surface area contributed by atoms with Crippen LogP contribution in [0.1, 0.15) is 0 Å². The standard InChI is InChI=1S/C13H9ClN4O2/c14-9-3-6-11-16-12(13(15)17(11)7-9)8-1-4-10(5-2-8)18(19)20/h1-7H,15H2. The number of hydrogen-bond donors (Lipinski definition) is 1. The minimum atomic E-state index is -0.448. The molecule has 20 heavy (non-hydrogen) atoms. The third-order valence-corrected chi connectivity index (χ3v) is 3.19. The average Bonchev–Trinajstić information content (AvgIpc) is 2.76. The van der Waals surface area contributed by atoms with Crippen molar-refractivity contribution in [1.82, 2.24) is 9.38 Å². The summed E-state index contributed by atoms with van der Waals surface area (Å²) in [6.07, 6.45) is 1.67. The Balaban J connectivity index is 2.14. The molecule has 2 N–H and O–H groups in total. The Morgan fingerprint density at radius 2 is 1.90 bits per heavy atom. The van der Waals surface area contributed by atoms with Crippen LogP contribution in [0.3, 0.4) is 0 Å². The topological polar surface area (TPSA) is 86.5 Å². The van der Waals surface area contributed by atoms with Gasteiger partial charge >= 0.3 is 0 Å². The van der Waals surface area contributed by atoms with Gasteiger partial charge in [-0.2, -0.15) is 0 Å². The summed E-state index contributed by atoms with van der Waals surface area (Å²) < 4.78 is 1.68. The molecule has 100 valence electrons. The number of nitrogens with two attached hydrogens (primary N) is 1. The minimum Gasteiger partial charge on any atom is -0.383 e. The van der Waals surface area contributed by atoms with Crippen LogP contribution >= 0.6 is 11.6 Å². The van der Waals surface area contributed by atoms with Gasteiger partial charge in [0.2, 0.25) is 0 Å². The molecule has 7 heteroatoms. The van der Waals surface area contributed by atoms with E-state index in [1.54, 1.807) is 34.9 Å². The van der Waals surface area contributed by atoms with Crippen molar-refractivity contribution < 1.29 is 4.92 Å². The number of nitro groups is 1. The van der Waals surface area contributed by atoms with E-state index < -0.39 is 4.92 Å². The van der Waals surface area contributed by atoms with Gasteiger partial charge in [0.1, 0.15) is 17.2 Å². The number of nitrogens with zero attached hydrogens (tertiary/aromatic N) is 3. The number of rotatable bonds is 2. The second-order valence-corrected chi connectivity index (χ2v) is 4.66. The maximum atomic E-state index is 10.6. The van der Waals surface area contributed by atoms with E-state index in [1.165, 1.54) is 12.1 Å². The van der Waals surface area contributed by atoms with Crippen LogP contribution in [0.2, 0.25) is 5.02 Å². The lowest BCUT2D eigenvalue weighted by Gasteiger charge is -1.99. The van der Waals surface area contributed by atoms with Crippen molar-refractivity contribution in [3.05, 3.63) is 57.7 Å². The largest absolute Gasteiger partial charge is 0.383 e. The lowest BCUT2D eigenvalue weighted by Crippen LogP contribution is -1.94. The van der Waals surface area contributed by atoms with E-state index in [2.05, 4.69) is 4.98 Å². The second kappa shape index (κ2) is 4.50. The zero-order valence-electron chi connectivity index (χ0n) is 10.2. The van der Waals surface area contributed by atoms with Crippen LogP contribution in [-0.4, -0.2) is 14.3 Å². The Labute approximate surface area is 118 Å². The molecule has 0 saturated carbocycles. The highest BCUT2D eigenvalue weighted by atomic mass is 35.5. The third kappa shape index (κ3) is 1.96. The summed E-state index contributed by atoms with van der Waals surface area (Å²) in [5.41, 5.74) is 8.03. The fourth-order valence-electron chi connectivity index (χ4n) is 1.99. The van der Waals surface area contributed by atoms with Gasteiger partial charge in [0.15, 0.2) is 0 Å². The maximum absolute atomic E-state index is 10.6. The summed E-state index contributed by atoms with van der Waals surface area (Å²) in [6, 6.07) is 9.57. The van der Waals surface area contributed by atoms with Gasteiger partial charge in [-0.3, -0.25) is 14.5 Å². The fraction of sp³-hybridized carbons (Fsp3) is 0. The van der Waals surface area contributed by atoms with Crippen molar-refractivity contribution in [2.24, 2.45) is 0 Å². The van der Waals surface area contributed by atoms with Gasteiger partial charge in [-0.15, -0.1) is 0 Å². The Morgan fingerprint density at radius 1 is 1.20 bits per heavy atom. The van der Waals surface area contributed by atoms with E-state index >= 15 is 0 Å². The molecule has 3 aromatic rings. The molecule has 6 nitrogen and oxygen atoms in total. The zero-order valence-corrected chi connectivity index (χ0v) is 10.9. The Morgan fingerprint density at radius 3 is 2.55 bits per heavy atom. The van der Waals surface area contributed by atoms with Crippen molar-refractivity contribution in [3.8, 4) is 11.3 Å². The molecule has 2 heterocycles. The highest BCUT2D eigenvalue weighted by molar-refractivity contribution is 6.30. The van der Waals surface area contributed by atoms with Crippen molar-refractivity contribution in [2.45, 2.75) is 0 Å². The van der Waals surface area contributed by atoms with E-state index in [4.69, 9.17) is 17.3 Å². The van der Waals surface area contributed by atoms with Gasteiger partial charge in [0, 0.05) is 23.9 Å². The van der Waals surface area contributed by atoms with Gasteiger partial charge < -0.3 is 5.73 Å². The summed E-state index contributed by atoms with van der Waals surface area (Å²) in [7, 11) is 0. The van der Waals surface area contributed by atoms with Crippen molar-refractivity contribution in [2.75, 3.05) is 5.73 Å². The third-order valence-electron chi connectivity index (χ3n) is 2.97. The Kier molecular flexibility index (Phi) is 2.80. The molecular weight excluding hydrogens is 280 g/mol. The number of nitrogen functional groups attached to an aromatic ring is 1. The predicted molar refractivity (Wildman–Crippen MR) is 76.7 cm³/mol. The molecular formula is C13H9ClN4O2. The van der Waals surface area contributed by atoms with E-state index in [0.29, 0.717) is 27.7 Å². The number of pyridine rings is 1. The molecule has 0 fully saturated rings. The molecule has 0 bridgehead atoms.